The van der Waals surface area contributed by atoms with E-state index in [1.165, 1.54) is 30.3 Å². The first-order valence-electron chi connectivity index (χ1n) is 8.14. The molecule has 0 unspecified atom stereocenters. The molecular weight excluding hydrogens is 361 g/mol. The van der Waals surface area contributed by atoms with Crippen molar-refractivity contribution in [1.29, 1.82) is 0 Å². The zero-order valence-corrected chi connectivity index (χ0v) is 14.7. The van der Waals surface area contributed by atoms with E-state index in [-0.39, 0.29) is 17.4 Å². The van der Waals surface area contributed by atoms with E-state index in [0.29, 0.717) is 48.9 Å². The predicted octanol–water partition coefficient (Wildman–Crippen LogP) is 3.35. The van der Waals surface area contributed by atoms with Gasteiger partial charge in [0, 0.05) is 61.0 Å². The van der Waals surface area contributed by atoms with Gasteiger partial charge in [0.1, 0.15) is 5.82 Å². The van der Waals surface area contributed by atoms with Crippen molar-refractivity contribution in [2.24, 2.45) is 0 Å². The van der Waals surface area contributed by atoms with E-state index in [4.69, 9.17) is 11.6 Å². The topological polar surface area (TPSA) is 66.7 Å². The molecule has 1 aliphatic heterocycles. The Balaban J connectivity index is 1.59. The van der Waals surface area contributed by atoms with Gasteiger partial charge >= 0.3 is 0 Å². The molecule has 3 rings (SSSR count). The van der Waals surface area contributed by atoms with Crippen LogP contribution in [0.1, 0.15) is 15.9 Å². The molecule has 1 aliphatic rings. The molecule has 0 atom stereocenters. The molecule has 1 saturated heterocycles. The Labute approximate surface area is 154 Å². The molecule has 1 heterocycles. The first-order valence-corrected chi connectivity index (χ1v) is 8.52. The summed E-state index contributed by atoms with van der Waals surface area (Å²) < 4.78 is 13.9. The molecule has 26 heavy (non-hydrogen) atoms. The normalized spacial score (nSPS) is 15.1. The fraction of sp³-hybridized carbons (Fsp3) is 0.278. The van der Waals surface area contributed by atoms with E-state index in [0.717, 1.165) is 0 Å². The number of nitro groups is 1. The lowest BCUT2D eigenvalue weighted by molar-refractivity contribution is -0.384. The Morgan fingerprint density at radius 1 is 1.12 bits per heavy atom. The first-order chi connectivity index (χ1) is 12.5. The monoisotopic (exact) mass is 377 g/mol. The van der Waals surface area contributed by atoms with Gasteiger partial charge in [0.25, 0.3) is 11.6 Å². The zero-order chi connectivity index (χ0) is 18.7. The SMILES string of the molecule is O=C(c1ccc([N+](=O)[O-])cc1)N1CCN(Cc2c(F)cccc2Cl)CC1. The van der Waals surface area contributed by atoms with E-state index in [2.05, 4.69) is 0 Å². The number of non-ortho nitro benzene ring substituents is 1. The molecule has 136 valence electrons. The molecule has 0 bridgehead atoms. The Kier molecular flexibility index (Phi) is 5.49. The van der Waals surface area contributed by atoms with Crippen LogP contribution in [0.25, 0.3) is 0 Å². The minimum absolute atomic E-state index is 0.0480. The number of halogens is 2. The third-order valence-corrected chi connectivity index (χ3v) is 4.78. The lowest BCUT2D eigenvalue weighted by Gasteiger charge is -2.35. The van der Waals surface area contributed by atoms with Crippen LogP contribution in [0.2, 0.25) is 5.02 Å². The highest BCUT2D eigenvalue weighted by Crippen LogP contribution is 2.22. The van der Waals surface area contributed by atoms with Crippen molar-refractivity contribution in [2.75, 3.05) is 26.2 Å². The summed E-state index contributed by atoms with van der Waals surface area (Å²) in [6.07, 6.45) is 0. The first kappa shape index (κ1) is 18.3. The van der Waals surface area contributed by atoms with Gasteiger partial charge in [-0.05, 0) is 24.3 Å². The molecule has 2 aromatic rings. The maximum absolute atomic E-state index is 13.9. The number of nitrogens with zero attached hydrogens (tertiary/aromatic N) is 3. The summed E-state index contributed by atoms with van der Waals surface area (Å²) in [5.41, 5.74) is 0.832. The molecule has 0 spiro atoms. The van der Waals surface area contributed by atoms with Crippen molar-refractivity contribution in [3.63, 3.8) is 0 Å². The average molecular weight is 378 g/mol. The molecule has 6 nitrogen and oxygen atoms in total. The van der Waals surface area contributed by atoms with Crippen LogP contribution in [0, 0.1) is 15.9 Å². The summed E-state index contributed by atoms with van der Waals surface area (Å²) in [4.78, 5) is 26.4. The number of piperazine rings is 1. The highest BCUT2D eigenvalue weighted by atomic mass is 35.5. The van der Waals surface area contributed by atoms with Crippen LogP contribution in [0.5, 0.6) is 0 Å². The number of hydrogen-bond donors (Lipinski definition) is 0. The summed E-state index contributed by atoms with van der Waals surface area (Å²) in [5.74, 6) is -0.495. The number of nitro benzene ring substituents is 1. The second-order valence-corrected chi connectivity index (χ2v) is 6.48. The van der Waals surface area contributed by atoms with Gasteiger partial charge in [-0.2, -0.15) is 0 Å². The minimum atomic E-state index is -0.499. The Morgan fingerprint density at radius 2 is 1.77 bits per heavy atom. The molecule has 1 amide bonds. The number of hydrogen-bond acceptors (Lipinski definition) is 4. The summed E-state index contributed by atoms with van der Waals surface area (Å²) in [5, 5.41) is 11.1. The van der Waals surface area contributed by atoms with E-state index < -0.39 is 4.92 Å². The van der Waals surface area contributed by atoms with Gasteiger partial charge in [0.2, 0.25) is 0 Å². The Bertz CT molecular complexity index is 801. The highest BCUT2D eigenvalue weighted by molar-refractivity contribution is 6.31. The number of carbonyl (C=O) groups is 1. The second-order valence-electron chi connectivity index (χ2n) is 6.07. The fourth-order valence-corrected chi connectivity index (χ4v) is 3.15. The van der Waals surface area contributed by atoms with Crippen LogP contribution >= 0.6 is 11.6 Å². The number of rotatable bonds is 4. The molecule has 1 fully saturated rings. The van der Waals surface area contributed by atoms with Crippen LogP contribution in [-0.4, -0.2) is 46.8 Å². The van der Waals surface area contributed by atoms with Crippen LogP contribution in [0.15, 0.2) is 42.5 Å². The predicted molar refractivity (Wildman–Crippen MR) is 95.7 cm³/mol. The number of amides is 1. The van der Waals surface area contributed by atoms with Gasteiger partial charge in [-0.25, -0.2) is 4.39 Å². The van der Waals surface area contributed by atoms with E-state index in [1.807, 2.05) is 4.90 Å². The number of carbonyl (C=O) groups excluding carboxylic acids is 1. The lowest BCUT2D eigenvalue weighted by Crippen LogP contribution is -2.48. The molecular formula is C18H17ClFN3O3. The van der Waals surface area contributed by atoms with E-state index in [9.17, 15) is 19.3 Å². The Hall–Kier alpha value is -2.51. The van der Waals surface area contributed by atoms with Gasteiger partial charge in [0.05, 0.1) is 4.92 Å². The van der Waals surface area contributed by atoms with Gasteiger partial charge in [0.15, 0.2) is 0 Å². The van der Waals surface area contributed by atoms with Crippen molar-refractivity contribution in [3.8, 4) is 0 Å². The summed E-state index contributed by atoms with van der Waals surface area (Å²) in [6, 6.07) is 10.2. The minimum Gasteiger partial charge on any atom is -0.336 e. The summed E-state index contributed by atoms with van der Waals surface area (Å²) in [6.45, 7) is 2.60. The fourth-order valence-electron chi connectivity index (χ4n) is 2.92. The van der Waals surface area contributed by atoms with Crippen molar-refractivity contribution < 1.29 is 14.1 Å². The van der Waals surface area contributed by atoms with E-state index in [1.54, 1.807) is 17.0 Å². The molecule has 0 aromatic heterocycles. The summed E-state index contributed by atoms with van der Waals surface area (Å²) in [7, 11) is 0. The van der Waals surface area contributed by atoms with Crippen molar-refractivity contribution in [3.05, 3.63) is 74.5 Å². The number of benzene rings is 2. The van der Waals surface area contributed by atoms with Crippen LogP contribution in [0.4, 0.5) is 10.1 Å². The smallest absolute Gasteiger partial charge is 0.269 e. The van der Waals surface area contributed by atoms with Gasteiger partial charge in [-0.3, -0.25) is 19.8 Å². The molecule has 0 radical (unpaired) electrons. The molecule has 0 N–H and O–H groups in total. The van der Waals surface area contributed by atoms with Gasteiger partial charge in [-0.15, -0.1) is 0 Å². The Morgan fingerprint density at radius 3 is 2.35 bits per heavy atom. The lowest BCUT2D eigenvalue weighted by atomic mass is 10.1. The quantitative estimate of drug-likeness (QED) is 0.605. The third-order valence-electron chi connectivity index (χ3n) is 4.43. The summed E-state index contributed by atoms with van der Waals surface area (Å²) >= 11 is 6.06. The van der Waals surface area contributed by atoms with Crippen LogP contribution in [0.3, 0.4) is 0 Å². The van der Waals surface area contributed by atoms with Crippen molar-refractivity contribution in [1.82, 2.24) is 9.80 Å². The average Bonchev–Trinajstić information content (AvgIpc) is 2.65. The largest absolute Gasteiger partial charge is 0.336 e. The highest BCUT2D eigenvalue weighted by Gasteiger charge is 2.23. The van der Waals surface area contributed by atoms with Gasteiger partial charge in [-0.1, -0.05) is 17.7 Å². The third kappa shape index (κ3) is 4.00. The molecule has 2 aromatic carbocycles. The molecule has 8 heteroatoms. The van der Waals surface area contributed by atoms with Crippen LogP contribution in [-0.2, 0) is 6.54 Å². The molecule has 0 saturated carbocycles. The second kappa shape index (κ2) is 7.80. The maximum atomic E-state index is 13.9. The maximum Gasteiger partial charge on any atom is 0.269 e. The van der Waals surface area contributed by atoms with Gasteiger partial charge < -0.3 is 4.90 Å². The van der Waals surface area contributed by atoms with E-state index >= 15 is 0 Å². The standard InChI is InChI=1S/C18H17ClFN3O3/c19-16-2-1-3-17(20)15(16)12-21-8-10-22(11-9-21)18(24)13-4-6-14(7-5-13)23(25)26/h1-7H,8-12H2. The molecule has 0 aliphatic carbocycles. The van der Waals surface area contributed by atoms with Crippen molar-refractivity contribution in [2.45, 2.75) is 6.54 Å². The van der Waals surface area contributed by atoms with Crippen molar-refractivity contribution >= 4 is 23.2 Å². The zero-order valence-electron chi connectivity index (χ0n) is 13.9. The van der Waals surface area contributed by atoms with Crippen LogP contribution < -0.4 is 0 Å².